The molecule has 17 rings (SSSR count). The zero-order valence-electron chi connectivity index (χ0n) is 76.0. The van der Waals surface area contributed by atoms with Crippen LogP contribution in [0, 0.1) is 0 Å². The van der Waals surface area contributed by atoms with E-state index < -0.39 is 61.5 Å². The van der Waals surface area contributed by atoms with Gasteiger partial charge in [-0.15, -0.1) is 0 Å². The van der Waals surface area contributed by atoms with Crippen LogP contribution < -0.4 is 56.8 Å². The summed E-state index contributed by atoms with van der Waals surface area (Å²) in [6.07, 6.45) is -7.61. The molecule has 1 fully saturated rings. The van der Waals surface area contributed by atoms with Crippen molar-refractivity contribution in [2.45, 2.75) is 110 Å². The van der Waals surface area contributed by atoms with Gasteiger partial charge >= 0.3 is 23.9 Å². The summed E-state index contributed by atoms with van der Waals surface area (Å²) in [5.74, 6) is -2.60. The third-order valence-corrected chi connectivity index (χ3v) is 22.4. The summed E-state index contributed by atoms with van der Waals surface area (Å²) in [7, 11) is 0. The van der Waals surface area contributed by atoms with Crippen LogP contribution in [0.5, 0.6) is 69.0 Å². The summed E-state index contributed by atoms with van der Waals surface area (Å²) in [6, 6.07) is 126. The van der Waals surface area contributed by atoms with Crippen LogP contribution >= 0.6 is 0 Å². The van der Waals surface area contributed by atoms with E-state index in [0.717, 1.165) is 66.8 Å². The van der Waals surface area contributed by atoms with E-state index >= 15 is 19.2 Å². The molecule has 16 aromatic carbocycles. The van der Waals surface area contributed by atoms with Gasteiger partial charge in [-0.1, -0.05) is 364 Å². The van der Waals surface area contributed by atoms with Crippen molar-refractivity contribution in [1.82, 2.24) is 0 Å². The van der Waals surface area contributed by atoms with Crippen LogP contribution in [0.15, 0.2) is 413 Å². The molecule has 4 atom stereocenters. The van der Waals surface area contributed by atoms with Crippen molar-refractivity contribution in [1.29, 1.82) is 0 Å². The Hall–Kier alpha value is -17.0. The fourth-order valence-electron chi connectivity index (χ4n) is 15.2. The lowest BCUT2D eigenvalue weighted by Gasteiger charge is -2.40. The van der Waals surface area contributed by atoms with E-state index in [2.05, 4.69) is 0 Å². The van der Waals surface area contributed by atoms with Crippen LogP contribution in [0.2, 0.25) is 0 Å². The monoisotopic (exact) mass is 1850 g/mol. The van der Waals surface area contributed by atoms with E-state index in [9.17, 15) is 0 Å². The minimum absolute atomic E-state index is 0.000309. The molecule has 0 radical (unpaired) electrons. The standard InChI is InChI=1S/C118H100O21/c119-115(95-61-99(123-70-83-37-13-1-14-38-83)110(131-78-91-53-29-9-30-54-91)100(62-95)124-71-84-39-15-2-16-40-84)135-82-108-114(139-118(122)98-67-105(129-76-89-49-25-7-26-50-89)113(134-81-94-59-35-12-36-60-94)106(68-98)130-77-90-51-27-8-28-52-90)107(137-116(120)96-63-101(125-72-85-41-17-3-18-42-85)111(132-79-92-55-31-10-32-56-92)102(64-96)126-73-86-43-19-4-20-44-86)69-109(136-108)138-117(121)97-65-103(127-74-87-45-21-5-22-46-87)112(133-80-93-57-33-11-34-58-93)104(66-97)128-75-88-47-23-6-24-48-88/h1-68,107-109,114H,69-82H2/t107-,108-,109-,114+/m1/s1. The van der Waals surface area contributed by atoms with Gasteiger partial charge < -0.3 is 80.5 Å². The molecule has 698 valence electrons. The zero-order chi connectivity index (χ0) is 94.8. The first-order chi connectivity index (χ1) is 68.5. The Morgan fingerprint density at radius 2 is 0.381 bits per heavy atom. The second-order valence-corrected chi connectivity index (χ2v) is 32.7. The van der Waals surface area contributed by atoms with Crippen LogP contribution in [-0.4, -0.2) is 55.1 Å². The van der Waals surface area contributed by atoms with Crippen molar-refractivity contribution < 1.29 is 99.7 Å². The maximum Gasteiger partial charge on any atom is 0.340 e. The zero-order valence-corrected chi connectivity index (χ0v) is 76.0. The molecule has 0 spiro atoms. The first-order valence-electron chi connectivity index (χ1n) is 45.7. The molecule has 0 aromatic heterocycles. The highest BCUT2D eigenvalue weighted by Crippen LogP contribution is 2.47. The maximum atomic E-state index is 16.4. The number of hydrogen-bond acceptors (Lipinski definition) is 21. The molecule has 1 saturated heterocycles. The van der Waals surface area contributed by atoms with Gasteiger partial charge in [0.25, 0.3) is 0 Å². The SMILES string of the molecule is O=C(OC[C@H]1O[C@H](OC(=O)c2cc(OCc3ccccc3)c(OCc3ccccc3)c(OCc3ccccc3)c2)C[C@@H](OC(=O)c2cc(OCc3ccccc3)c(OCc3ccccc3)c(OCc3ccccc3)c2)[C@@H]1OC(=O)c1cc(OCc2ccccc2)c(OCc2ccccc2)c(OCc2ccccc2)c1)c1cc(OCc2ccccc2)c(OCc2ccccc2)c(OCc2ccccc2)c1. The molecule has 1 aliphatic heterocycles. The molecule has 0 aliphatic carbocycles. The molecule has 21 heteroatoms. The molecular formula is C118H100O21. The number of esters is 4. The minimum Gasteiger partial charge on any atom is -0.485 e. The molecule has 0 amide bonds. The summed E-state index contributed by atoms with van der Waals surface area (Å²) in [5, 5.41) is 0. The second-order valence-electron chi connectivity index (χ2n) is 32.7. The highest BCUT2D eigenvalue weighted by atomic mass is 16.7. The Morgan fingerprint density at radius 1 is 0.209 bits per heavy atom. The Kier molecular flexibility index (Phi) is 32.5. The Bertz CT molecular complexity index is 6360. The largest absolute Gasteiger partial charge is 0.485 e. The topological polar surface area (TPSA) is 225 Å². The average Bonchev–Trinajstić information content (AvgIpc) is 0.803. The highest BCUT2D eigenvalue weighted by molar-refractivity contribution is 5.94. The molecule has 16 aromatic rings. The van der Waals surface area contributed by atoms with Crippen molar-refractivity contribution in [3.8, 4) is 69.0 Å². The number of hydrogen-bond donors (Lipinski definition) is 0. The summed E-state index contributed by atoms with van der Waals surface area (Å²) in [6.45, 7) is -0.467. The number of carbonyl (C=O) groups is 4. The second kappa shape index (κ2) is 48.2. The number of benzene rings is 16. The lowest BCUT2D eigenvalue weighted by atomic mass is 10.0. The minimum atomic E-state index is -1.81. The predicted molar refractivity (Wildman–Crippen MR) is 522 cm³/mol. The van der Waals surface area contributed by atoms with Crippen LogP contribution in [0.3, 0.4) is 0 Å². The van der Waals surface area contributed by atoms with Crippen molar-refractivity contribution >= 4 is 23.9 Å². The van der Waals surface area contributed by atoms with Crippen molar-refractivity contribution in [3.05, 3.63) is 502 Å². The van der Waals surface area contributed by atoms with Gasteiger partial charge in [-0.3, -0.25) is 0 Å². The van der Waals surface area contributed by atoms with Crippen LogP contribution in [-0.2, 0) is 103 Å². The van der Waals surface area contributed by atoms with Gasteiger partial charge in [0.1, 0.15) is 98.1 Å². The van der Waals surface area contributed by atoms with E-state index in [0.29, 0.717) is 0 Å². The number of ether oxygens (including phenoxy) is 17. The Labute approximate surface area is 806 Å². The molecule has 1 aliphatic rings. The molecule has 0 N–H and O–H groups in total. The van der Waals surface area contributed by atoms with Crippen LogP contribution in [0.25, 0.3) is 0 Å². The molecule has 0 saturated carbocycles. The molecular weight excluding hydrogens is 1750 g/mol. The lowest BCUT2D eigenvalue weighted by molar-refractivity contribution is -0.238. The van der Waals surface area contributed by atoms with E-state index in [1.54, 1.807) is 0 Å². The first kappa shape index (κ1) is 93.8. The summed E-state index contributed by atoms with van der Waals surface area (Å²) >= 11 is 0. The van der Waals surface area contributed by atoms with E-state index in [1.165, 1.54) is 48.5 Å². The Morgan fingerprint density at radius 3 is 0.583 bits per heavy atom. The summed E-state index contributed by atoms with van der Waals surface area (Å²) in [5.41, 5.74) is 9.15. The fourth-order valence-corrected chi connectivity index (χ4v) is 15.2. The fraction of sp³-hybridized carbons (Fsp3) is 0.153. The van der Waals surface area contributed by atoms with E-state index in [-0.39, 0.29) is 171 Å². The van der Waals surface area contributed by atoms with Gasteiger partial charge in [0, 0.05) is 0 Å². The van der Waals surface area contributed by atoms with Gasteiger partial charge in [-0.25, -0.2) is 19.2 Å². The number of carbonyl (C=O) groups excluding carboxylic acids is 4. The highest BCUT2D eigenvalue weighted by Gasteiger charge is 2.47. The van der Waals surface area contributed by atoms with Crippen molar-refractivity contribution in [2.24, 2.45) is 0 Å². The molecule has 1 heterocycles. The van der Waals surface area contributed by atoms with Crippen LogP contribution in [0.4, 0.5) is 0 Å². The maximum absolute atomic E-state index is 16.4. The van der Waals surface area contributed by atoms with Crippen molar-refractivity contribution in [2.75, 3.05) is 6.61 Å². The quantitative estimate of drug-likeness (QED) is 0.0255. The number of rotatable bonds is 45. The summed E-state index contributed by atoms with van der Waals surface area (Å²) < 4.78 is 115. The summed E-state index contributed by atoms with van der Waals surface area (Å²) in [4.78, 5) is 64.5. The molecule has 21 nitrogen and oxygen atoms in total. The third kappa shape index (κ3) is 27.0. The smallest absolute Gasteiger partial charge is 0.340 e. The Balaban J connectivity index is 0.803. The van der Waals surface area contributed by atoms with Gasteiger partial charge in [0.15, 0.2) is 52.1 Å². The van der Waals surface area contributed by atoms with Gasteiger partial charge in [0.2, 0.25) is 29.3 Å². The third-order valence-electron chi connectivity index (χ3n) is 22.4. The first-order valence-corrected chi connectivity index (χ1v) is 45.7. The molecule has 139 heavy (non-hydrogen) atoms. The van der Waals surface area contributed by atoms with E-state index in [4.69, 9.17) is 80.5 Å². The van der Waals surface area contributed by atoms with Gasteiger partial charge in [-0.05, 0) is 115 Å². The lowest BCUT2D eigenvalue weighted by Crippen LogP contribution is -2.54. The molecule has 0 bridgehead atoms. The predicted octanol–water partition coefficient (Wildman–Crippen LogP) is 24.2. The normalized spacial score (nSPS) is 13.6. The van der Waals surface area contributed by atoms with E-state index in [1.807, 2.05) is 364 Å². The molecule has 0 unspecified atom stereocenters. The average molecular weight is 1850 g/mol. The van der Waals surface area contributed by atoms with Crippen LogP contribution in [0.1, 0.15) is 115 Å². The van der Waals surface area contributed by atoms with Crippen molar-refractivity contribution in [3.63, 3.8) is 0 Å². The van der Waals surface area contributed by atoms with Gasteiger partial charge in [0.05, 0.1) is 28.7 Å². The van der Waals surface area contributed by atoms with Gasteiger partial charge in [-0.2, -0.15) is 0 Å².